The average molecular weight is 453 g/mol. The van der Waals surface area contributed by atoms with Crippen LogP contribution in [0.5, 0.6) is 11.5 Å². The number of allylic oxidation sites excluding steroid dienone is 1. The van der Waals surface area contributed by atoms with E-state index < -0.39 is 11.0 Å². The highest BCUT2D eigenvalue weighted by Gasteiger charge is 2.74. The van der Waals surface area contributed by atoms with Crippen molar-refractivity contribution in [2.75, 3.05) is 13.6 Å². The fourth-order valence-corrected chi connectivity index (χ4v) is 7.69. The smallest absolute Gasteiger partial charge is 0.246 e. The molecule has 0 radical (unpaired) electrons. The van der Waals surface area contributed by atoms with E-state index in [0.29, 0.717) is 24.6 Å². The van der Waals surface area contributed by atoms with Crippen LogP contribution in [0.15, 0.2) is 18.2 Å². The molecule has 33 heavy (non-hydrogen) atoms. The molecule has 2 bridgehead atoms. The zero-order chi connectivity index (χ0) is 23.1. The van der Waals surface area contributed by atoms with Crippen molar-refractivity contribution in [1.82, 2.24) is 9.80 Å². The van der Waals surface area contributed by atoms with Crippen molar-refractivity contribution in [1.29, 1.82) is 0 Å². The number of nitrogens with zero attached hydrogens (tertiary/aromatic N) is 2. The first kappa shape index (κ1) is 21.5. The number of hydrogen-bond donors (Lipinski definition) is 2. The minimum atomic E-state index is -0.907. The minimum Gasteiger partial charge on any atom is -0.504 e. The number of aliphatic hydroxyl groups is 1. The molecule has 2 N–H and O–H groups in total. The number of carbonyl (C=O) groups excluding carboxylic acids is 1. The number of benzene rings is 1. The molecule has 6 rings (SSSR count). The second kappa shape index (κ2) is 7.22. The highest BCUT2D eigenvalue weighted by atomic mass is 16.5. The van der Waals surface area contributed by atoms with Crippen LogP contribution in [-0.2, 0) is 16.6 Å². The van der Waals surface area contributed by atoms with Crippen LogP contribution in [0.4, 0.5) is 0 Å². The van der Waals surface area contributed by atoms with Gasteiger partial charge in [-0.25, -0.2) is 0 Å². The summed E-state index contributed by atoms with van der Waals surface area (Å²) in [5.74, 6) is 0.695. The Morgan fingerprint density at radius 1 is 1.33 bits per heavy atom. The molecule has 1 amide bonds. The standard InChI is InChI=1S/C27H36N2O4/c1-4-5-6-7-22(31)28(3)19-10-11-27(32)21-15-18-16(2)14-20(30)24-23(18)26(27,25(19)33-24)12-13-29(21)17-8-9-17/h6-7,14,17,19,21,25,30,32H,4-5,8-13,15H2,1-3H3/t19-,21+,25-,26-,27+/m0/s1. The number of unbranched alkanes of at least 4 members (excludes halogenated alkanes) is 1. The number of phenolic OH excluding ortho intramolecular Hbond substituents is 1. The van der Waals surface area contributed by atoms with Gasteiger partial charge in [0.15, 0.2) is 11.5 Å². The minimum absolute atomic E-state index is 0.0155. The van der Waals surface area contributed by atoms with E-state index in [1.807, 2.05) is 24.1 Å². The number of amides is 1. The molecule has 3 aliphatic carbocycles. The third kappa shape index (κ3) is 2.71. The number of aryl methyl sites for hydroxylation is 1. The topological polar surface area (TPSA) is 73.2 Å². The van der Waals surface area contributed by atoms with Crippen LogP contribution < -0.4 is 4.74 Å². The van der Waals surface area contributed by atoms with Crippen LogP contribution in [0.1, 0.15) is 68.6 Å². The van der Waals surface area contributed by atoms with Crippen molar-refractivity contribution in [2.24, 2.45) is 0 Å². The quantitative estimate of drug-likeness (QED) is 0.672. The molecule has 2 aliphatic heterocycles. The van der Waals surface area contributed by atoms with Gasteiger partial charge in [-0.1, -0.05) is 19.4 Å². The Kier molecular flexibility index (Phi) is 4.70. The number of likely N-dealkylation sites (N-methyl/N-ethyl adjacent to an activating group) is 1. The van der Waals surface area contributed by atoms with Crippen LogP contribution in [0.3, 0.4) is 0 Å². The molecule has 0 unspecified atom stereocenters. The Balaban J connectivity index is 1.47. The van der Waals surface area contributed by atoms with Gasteiger partial charge < -0.3 is 19.8 Å². The Hall–Kier alpha value is -2.05. The summed E-state index contributed by atoms with van der Waals surface area (Å²) in [4.78, 5) is 17.4. The van der Waals surface area contributed by atoms with Gasteiger partial charge in [0, 0.05) is 24.7 Å². The summed E-state index contributed by atoms with van der Waals surface area (Å²) in [5.41, 5.74) is 1.86. The molecule has 5 aliphatic rings. The number of piperidine rings is 1. The van der Waals surface area contributed by atoms with Gasteiger partial charge in [-0.3, -0.25) is 9.69 Å². The second-order valence-corrected chi connectivity index (χ2v) is 11.0. The van der Waals surface area contributed by atoms with Crippen LogP contribution in [-0.4, -0.2) is 69.3 Å². The number of hydrogen-bond acceptors (Lipinski definition) is 5. The number of aromatic hydroxyl groups is 1. The van der Waals surface area contributed by atoms with Crippen molar-refractivity contribution >= 4 is 5.91 Å². The molecule has 6 heteroatoms. The van der Waals surface area contributed by atoms with Gasteiger partial charge in [0.25, 0.3) is 0 Å². The Bertz CT molecular complexity index is 1030. The first-order valence-corrected chi connectivity index (χ1v) is 12.8. The third-order valence-corrected chi connectivity index (χ3v) is 9.40. The molecule has 1 aromatic rings. The van der Waals surface area contributed by atoms with Gasteiger partial charge in [-0.2, -0.15) is 0 Å². The molecule has 1 saturated heterocycles. The fraction of sp³-hybridized carbons (Fsp3) is 0.667. The normalized spacial score (nSPS) is 36.5. The zero-order valence-electron chi connectivity index (χ0n) is 20.0. The summed E-state index contributed by atoms with van der Waals surface area (Å²) in [7, 11) is 1.86. The van der Waals surface area contributed by atoms with Gasteiger partial charge in [0.2, 0.25) is 5.91 Å². The van der Waals surface area contributed by atoms with Gasteiger partial charge in [-0.15, -0.1) is 0 Å². The highest BCUT2D eigenvalue weighted by molar-refractivity contribution is 5.87. The Morgan fingerprint density at radius 3 is 2.85 bits per heavy atom. The Labute approximate surface area is 196 Å². The van der Waals surface area contributed by atoms with E-state index in [2.05, 4.69) is 18.7 Å². The molecule has 1 aromatic carbocycles. The molecule has 0 aromatic heterocycles. The summed E-state index contributed by atoms with van der Waals surface area (Å²) in [5, 5.41) is 23.4. The number of carbonyl (C=O) groups is 1. The van der Waals surface area contributed by atoms with E-state index in [-0.39, 0.29) is 29.8 Å². The molecule has 6 nitrogen and oxygen atoms in total. The molecule has 2 heterocycles. The van der Waals surface area contributed by atoms with Crippen LogP contribution in [0.2, 0.25) is 0 Å². The van der Waals surface area contributed by atoms with Crippen LogP contribution >= 0.6 is 0 Å². The van der Waals surface area contributed by atoms with Crippen molar-refractivity contribution in [3.8, 4) is 11.5 Å². The molecule has 5 atom stereocenters. The van der Waals surface area contributed by atoms with Gasteiger partial charge in [-0.05, 0) is 81.7 Å². The lowest BCUT2D eigenvalue weighted by Gasteiger charge is -2.65. The van der Waals surface area contributed by atoms with Gasteiger partial charge in [0.05, 0.1) is 17.1 Å². The van der Waals surface area contributed by atoms with Crippen molar-refractivity contribution in [2.45, 2.75) is 100 Å². The third-order valence-electron chi connectivity index (χ3n) is 9.40. The van der Waals surface area contributed by atoms with Crippen molar-refractivity contribution in [3.05, 3.63) is 34.9 Å². The van der Waals surface area contributed by atoms with Crippen molar-refractivity contribution in [3.63, 3.8) is 0 Å². The van der Waals surface area contributed by atoms with E-state index in [1.165, 1.54) is 18.4 Å². The molecule has 3 fully saturated rings. The molecule has 1 spiro atoms. The van der Waals surface area contributed by atoms with Gasteiger partial charge in [0.1, 0.15) is 6.10 Å². The highest BCUT2D eigenvalue weighted by Crippen LogP contribution is 2.66. The van der Waals surface area contributed by atoms with E-state index in [4.69, 9.17) is 4.74 Å². The first-order chi connectivity index (χ1) is 15.8. The summed E-state index contributed by atoms with van der Waals surface area (Å²) in [6.45, 7) is 5.10. The predicted octanol–water partition coefficient (Wildman–Crippen LogP) is 3.20. The average Bonchev–Trinajstić information content (AvgIpc) is 3.55. The lowest BCUT2D eigenvalue weighted by molar-refractivity contribution is -0.201. The molecule has 178 valence electrons. The lowest BCUT2D eigenvalue weighted by atomic mass is 9.48. The number of likely N-dealkylation sites (tertiary alicyclic amines) is 1. The molecular formula is C27H36N2O4. The first-order valence-electron chi connectivity index (χ1n) is 12.8. The lowest BCUT2D eigenvalue weighted by Crippen LogP contribution is -2.78. The van der Waals surface area contributed by atoms with Crippen molar-refractivity contribution < 1.29 is 19.7 Å². The fourth-order valence-electron chi connectivity index (χ4n) is 7.69. The second-order valence-electron chi connectivity index (χ2n) is 11.0. The predicted molar refractivity (Wildman–Crippen MR) is 126 cm³/mol. The van der Waals surface area contributed by atoms with Gasteiger partial charge >= 0.3 is 0 Å². The SMILES string of the molecule is CCCC=CC(=O)N(C)[C@H]1CC[C@@]2(O)[C@H]3Cc4c(C)cc(O)c5c4[C@@]2(CCN3C2CC2)[C@H]1O5. The maximum absolute atomic E-state index is 13.0. The summed E-state index contributed by atoms with van der Waals surface area (Å²) in [6, 6.07) is 2.33. The number of ether oxygens (including phenoxy) is 1. The van der Waals surface area contributed by atoms with E-state index in [0.717, 1.165) is 43.4 Å². The summed E-state index contributed by atoms with van der Waals surface area (Å²) in [6.07, 6.45) is 10.5. The summed E-state index contributed by atoms with van der Waals surface area (Å²) >= 11 is 0. The van der Waals surface area contributed by atoms with E-state index >= 15 is 0 Å². The number of rotatable bonds is 5. The Morgan fingerprint density at radius 2 is 2.12 bits per heavy atom. The monoisotopic (exact) mass is 452 g/mol. The van der Waals surface area contributed by atoms with E-state index in [1.54, 1.807) is 6.08 Å². The zero-order valence-corrected chi connectivity index (χ0v) is 20.0. The number of phenols is 1. The maximum atomic E-state index is 13.0. The molecular weight excluding hydrogens is 416 g/mol. The van der Waals surface area contributed by atoms with E-state index in [9.17, 15) is 15.0 Å². The van der Waals surface area contributed by atoms with Crippen LogP contribution in [0.25, 0.3) is 0 Å². The van der Waals surface area contributed by atoms with Crippen LogP contribution in [0, 0.1) is 6.92 Å². The summed E-state index contributed by atoms with van der Waals surface area (Å²) < 4.78 is 6.60. The maximum Gasteiger partial charge on any atom is 0.246 e. The molecule has 2 saturated carbocycles. The largest absolute Gasteiger partial charge is 0.504 e.